The number of nitrogens with one attached hydrogen (secondary N) is 2. The van der Waals surface area contributed by atoms with Crippen molar-refractivity contribution in [2.24, 2.45) is 4.99 Å². The Labute approximate surface area is 120 Å². The quantitative estimate of drug-likeness (QED) is 0.492. The third kappa shape index (κ3) is 4.02. The van der Waals surface area contributed by atoms with E-state index >= 15 is 0 Å². The highest BCUT2D eigenvalue weighted by Gasteiger charge is 2.11. The smallest absolute Gasteiger partial charge is 0.191 e. The number of nitrogens with zero attached hydrogens (tertiary/aromatic N) is 1. The van der Waals surface area contributed by atoms with Gasteiger partial charge in [-0.25, -0.2) is 4.99 Å². The first-order chi connectivity index (χ1) is 9.83. The topological polar surface area (TPSA) is 45.7 Å². The van der Waals surface area contributed by atoms with Crippen LogP contribution in [0.1, 0.15) is 25.3 Å². The van der Waals surface area contributed by atoms with Crippen LogP contribution in [0.5, 0.6) is 5.75 Å². The lowest BCUT2D eigenvalue weighted by Gasteiger charge is -2.17. The van der Waals surface area contributed by atoms with E-state index in [-0.39, 0.29) is 0 Å². The molecule has 1 aromatic rings. The van der Waals surface area contributed by atoms with Crippen molar-refractivity contribution >= 4 is 5.96 Å². The van der Waals surface area contributed by atoms with Crippen molar-refractivity contribution in [3.05, 3.63) is 42.0 Å². The van der Waals surface area contributed by atoms with Gasteiger partial charge in [-0.2, -0.15) is 0 Å². The molecule has 0 unspecified atom stereocenters. The van der Waals surface area contributed by atoms with Gasteiger partial charge in [0.2, 0.25) is 0 Å². The molecule has 1 aliphatic carbocycles. The summed E-state index contributed by atoms with van der Waals surface area (Å²) in [5.41, 5.74) is 1.09. The maximum atomic E-state index is 5.35. The monoisotopic (exact) mass is 273 g/mol. The molecule has 0 saturated heterocycles. The number of methoxy groups -OCH3 is 1. The number of rotatable bonds is 5. The van der Waals surface area contributed by atoms with Crippen LogP contribution in [0.4, 0.5) is 0 Å². The Morgan fingerprint density at radius 3 is 2.75 bits per heavy atom. The second-order valence-corrected chi connectivity index (χ2v) is 4.79. The number of hydrogen-bond donors (Lipinski definition) is 2. The zero-order chi connectivity index (χ0) is 14.2. The van der Waals surface area contributed by atoms with Gasteiger partial charge in [-0.1, -0.05) is 30.4 Å². The molecule has 2 rings (SSSR count). The molecule has 4 heteroatoms. The first-order valence-corrected chi connectivity index (χ1v) is 7.15. The first-order valence-electron chi connectivity index (χ1n) is 7.15. The third-order valence-corrected chi connectivity index (χ3v) is 3.29. The van der Waals surface area contributed by atoms with Gasteiger partial charge in [-0.3, -0.25) is 0 Å². The zero-order valence-electron chi connectivity index (χ0n) is 12.2. The Morgan fingerprint density at radius 2 is 2.05 bits per heavy atom. The van der Waals surface area contributed by atoms with Gasteiger partial charge in [0, 0.05) is 18.2 Å². The summed E-state index contributed by atoms with van der Waals surface area (Å²) in [5.74, 6) is 1.75. The lowest BCUT2D eigenvalue weighted by atomic mass is 10.2. The SMILES string of the molecule is CCNC(=NCc1ccccc1OC)NC1CC=CC1. The highest BCUT2D eigenvalue weighted by Crippen LogP contribution is 2.18. The van der Waals surface area contributed by atoms with Crippen LogP contribution in [-0.2, 0) is 6.54 Å². The van der Waals surface area contributed by atoms with E-state index in [0.29, 0.717) is 12.6 Å². The third-order valence-electron chi connectivity index (χ3n) is 3.29. The lowest BCUT2D eigenvalue weighted by Crippen LogP contribution is -2.42. The Hall–Kier alpha value is -1.97. The van der Waals surface area contributed by atoms with Crippen molar-refractivity contribution in [1.29, 1.82) is 0 Å². The van der Waals surface area contributed by atoms with Crippen LogP contribution in [0.15, 0.2) is 41.4 Å². The van der Waals surface area contributed by atoms with Crippen molar-refractivity contribution in [3.8, 4) is 5.75 Å². The molecule has 0 aromatic heterocycles. The van der Waals surface area contributed by atoms with E-state index in [1.54, 1.807) is 7.11 Å². The molecule has 0 radical (unpaired) electrons. The molecule has 0 bridgehead atoms. The fraction of sp³-hybridized carbons (Fsp3) is 0.438. The summed E-state index contributed by atoms with van der Waals surface area (Å²) >= 11 is 0. The van der Waals surface area contributed by atoms with Gasteiger partial charge in [0.05, 0.1) is 13.7 Å². The number of para-hydroxylation sites is 1. The van der Waals surface area contributed by atoms with E-state index in [1.165, 1.54) is 0 Å². The molecule has 0 heterocycles. The summed E-state index contributed by atoms with van der Waals surface area (Å²) in [4.78, 5) is 4.64. The predicted molar refractivity (Wildman–Crippen MR) is 83.1 cm³/mol. The van der Waals surface area contributed by atoms with Crippen LogP contribution in [0.3, 0.4) is 0 Å². The van der Waals surface area contributed by atoms with Gasteiger partial charge in [0.25, 0.3) is 0 Å². The first kappa shape index (κ1) is 14.4. The number of guanidine groups is 1. The standard InChI is InChI=1S/C16H23N3O/c1-3-17-16(19-14-9-5-6-10-14)18-12-13-8-4-7-11-15(13)20-2/h4-8,11,14H,3,9-10,12H2,1-2H3,(H2,17,18,19). The summed E-state index contributed by atoms with van der Waals surface area (Å²) in [5, 5.41) is 6.75. The van der Waals surface area contributed by atoms with Crippen LogP contribution >= 0.6 is 0 Å². The average Bonchev–Trinajstić information content (AvgIpc) is 2.98. The minimum Gasteiger partial charge on any atom is -0.496 e. The van der Waals surface area contributed by atoms with E-state index < -0.39 is 0 Å². The predicted octanol–water partition coefficient (Wildman–Crippen LogP) is 2.47. The van der Waals surface area contributed by atoms with E-state index in [9.17, 15) is 0 Å². The summed E-state index contributed by atoms with van der Waals surface area (Å²) < 4.78 is 5.35. The fourth-order valence-electron chi connectivity index (χ4n) is 2.25. The molecule has 0 saturated carbocycles. The van der Waals surface area contributed by atoms with Crippen LogP contribution < -0.4 is 15.4 Å². The highest BCUT2D eigenvalue weighted by atomic mass is 16.5. The molecule has 0 aliphatic heterocycles. The summed E-state index contributed by atoms with van der Waals surface area (Å²) in [6, 6.07) is 8.45. The molecule has 2 N–H and O–H groups in total. The summed E-state index contributed by atoms with van der Waals surface area (Å²) in [6.07, 6.45) is 6.56. The van der Waals surface area contributed by atoms with Gasteiger partial charge >= 0.3 is 0 Å². The Morgan fingerprint density at radius 1 is 1.30 bits per heavy atom. The Bertz CT molecular complexity index is 474. The van der Waals surface area contributed by atoms with E-state index in [1.807, 2.05) is 24.3 Å². The molecule has 1 aliphatic rings. The summed E-state index contributed by atoms with van der Waals surface area (Å²) in [7, 11) is 1.69. The number of aliphatic imine (C=N–C) groups is 1. The molecule has 0 spiro atoms. The van der Waals surface area contributed by atoms with Crippen molar-refractivity contribution in [2.45, 2.75) is 32.4 Å². The normalized spacial score (nSPS) is 15.4. The number of hydrogen-bond acceptors (Lipinski definition) is 2. The molecule has 4 nitrogen and oxygen atoms in total. The van der Waals surface area contributed by atoms with Gasteiger partial charge in [-0.15, -0.1) is 0 Å². The number of benzene rings is 1. The molecule has 0 amide bonds. The van der Waals surface area contributed by atoms with Crippen LogP contribution in [0.25, 0.3) is 0 Å². The number of ether oxygens (including phenoxy) is 1. The second-order valence-electron chi connectivity index (χ2n) is 4.79. The van der Waals surface area contributed by atoms with E-state index in [2.05, 4.69) is 34.7 Å². The molecular weight excluding hydrogens is 250 g/mol. The molecule has 0 atom stereocenters. The van der Waals surface area contributed by atoms with Crippen LogP contribution in [0.2, 0.25) is 0 Å². The van der Waals surface area contributed by atoms with E-state index in [4.69, 9.17) is 4.74 Å². The average molecular weight is 273 g/mol. The Kier molecular flexibility index (Phi) is 5.47. The van der Waals surface area contributed by atoms with Crippen LogP contribution in [0, 0.1) is 0 Å². The second kappa shape index (κ2) is 7.58. The van der Waals surface area contributed by atoms with Crippen molar-refractivity contribution in [1.82, 2.24) is 10.6 Å². The van der Waals surface area contributed by atoms with Gasteiger partial charge in [0.1, 0.15) is 5.75 Å². The molecular formula is C16H23N3O. The van der Waals surface area contributed by atoms with Crippen molar-refractivity contribution < 1.29 is 4.74 Å². The van der Waals surface area contributed by atoms with Crippen molar-refractivity contribution in [2.75, 3.05) is 13.7 Å². The van der Waals surface area contributed by atoms with Crippen LogP contribution in [-0.4, -0.2) is 25.7 Å². The minimum atomic E-state index is 0.463. The molecule has 20 heavy (non-hydrogen) atoms. The lowest BCUT2D eigenvalue weighted by molar-refractivity contribution is 0.410. The van der Waals surface area contributed by atoms with Gasteiger partial charge in [-0.05, 0) is 25.8 Å². The summed E-state index contributed by atoms with van der Waals surface area (Å²) in [6.45, 7) is 3.55. The zero-order valence-corrected chi connectivity index (χ0v) is 12.2. The fourth-order valence-corrected chi connectivity index (χ4v) is 2.25. The van der Waals surface area contributed by atoms with Crippen molar-refractivity contribution in [3.63, 3.8) is 0 Å². The molecule has 0 fully saturated rings. The van der Waals surface area contributed by atoms with Gasteiger partial charge < -0.3 is 15.4 Å². The van der Waals surface area contributed by atoms with Gasteiger partial charge in [0.15, 0.2) is 5.96 Å². The highest BCUT2D eigenvalue weighted by molar-refractivity contribution is 5.80. The molecule has 1 aromatic carbocycles. The largest absolute Gasteiger partial charge is 0.496 e. The maximum absolute atomic E-state index is 5.35. The van der Waals surface area contributed by atoms with E-state index in [0.717, 1.165) is 36.7 Å². The maximum Gasteiger partial charge on any atom is 0.191 e. The Balaban J connectivity index is 2.00. The molecule has 108 valence electrons. The minimum absolute atomic E-state index is 0.463.